The van der Waals surface area contributed by atoms with Crippen LogP contribution in [0.4, 0.5) is 0 Å². The fourth-order valence-electron chi connectivity index (χ4n) is 1.69. The smallest absolute Gasteiger partial charge is 0.0543 e. The molecule has 1 saturated carbocycles. The van der Waals surface area contributed by atoms with Crippen molar-refractivity contribution < 1.29 is 5.11 Å². The van der Waals surface area contributed by atoms with Gasteiger partial charge in [0.1, 0.15) is 0 Å². The first-order valence-electron chi connectivity index (χ1n) is 4.18. The van der Waals surface area contributed by atoms with Crippen LogP contribution in [-0.4, -0.2) is 11.2 Å². The average molecular weight is 141 g/mol. The van der Waals surface area contributed by atoms with E-state index in [0.29, 0.717) is 5.92 Å². The van der Waals surface area contributed by atoms with Gasteiger partial charge in [0.15, 0.2) is 0 Å². The zero-order valence-corrected chi connectivity index (χ0v) is 6.93. The summed E-state index contributed by atoms with van der Waals surface area (Å²) in [5, 5.41) is 9.32. The highest BCUT2D eigenvalue weighted by Crippen LogP contribution is 2.30. The molecule has 0 aromatic carbocycles. The molecule has 59 valence electrons. The zero-order chi connectivity index (χ0) is 7.56. The Morgan fingerprint density at radius 2 is 2.00 bits per heavy atom. The number of hydrogen-bond acceptors (Lipinski definition) is 1. The molecule has 0 spiro atoms. The second-order valence-electron chi connectivity index (χ2n) is 3.59. The summed E-state index contributed by atoms with van der Waals surface area (Å²) in [5.74, 6) is 2.18. The molecule has 2 unspecified atom stereocenters. The highest BCUT2D eigenvalue weighted by atomic mass is 16.3. The fourth-order valence-corrected chi connectivity index (χ4v) is 1.69. The summed E-state index contributed by atoms with van der Waals surface area (Å²) in [6.45, 7) is 4.34. The molecule has 0 saturated heterocycles. The van der Waals surface area contributed by atoms with Gasteiger partial charge < -0.3 is 5.11 Å². The van der Waals surface area contributed by atoms with Crippen molar-refractivity contribution in [2.75, 3.05) is 0 Å². The van der Waals surface area contributed by atoms with Crippen molar-refractivity contribution in [2.45, 2.75) is 45.6 Å². The van der Waals surface area contributed by atoms with Gasteiger partial charge in [-0.3, -0.25) is 0 Å². The Morgan fingerprint density at radius 1 is 1.30 bits per heavy atom. The molecular weight excluding hydrogens is 124 g/mol. The minimum Gasteiger partial charge on any atom is -0.393 e. The summed E-state index contributed by atoms with van der Waals surface area (Å²) in [6, 6.07) is 0. The van der Waals surface area contributed by atoms with Crippen molar-refractivity contribution in [3.05, 3.63) is 5.92 Å². The zero-order valence-electron chi connectivity index (χ0n) is 6.93. The summed E-state index contributed by atoms with van der Waals surface area (Å²) in [4.78, 5) is 0. The lowest BCUT2D eigenvalue weighted by Gasteiger charge is -2.28. The molecule has 1 aliphatic rings. The Labute approximate surface area is 63.4 Å². The lowest BCUT2D eigenvalue weighted by molar-refractivity contribution is 0.105. The molecule has 0 bridgehead atoms. The van der Waals surface area contributed by atoms with Crippen LogP contribution >= 0.6 is 0 Å². The minimum atomic E-state index is -0.0198. The van der Waals surface area contributed by atoms with Crippen LogP contribution in [0.5, 0.6) is 0 Å². The van der Waals surface area contributed by atoms with Gasteiger partial charge >= 0.3 is 0 Å². The lowest BCUT2D eigenvalue weighted by atomic mass is 9.80. The summed E-state index contributed by atoms with van der Waals surface area (Å²) >= 11 is 0. The summed E-state index contributed by atoms with van der Waals surface area (Å²) in [6.07, 6.45) is 4.50. The molecular formula is C9H17O. The standard InChI is InChI=1S/C9H17O/c1-7(2)8-4-3-5-9(10)6-8/h8-10H,3-6H2,1-2H3. The van der Waals surface area contributed by atoms with E-state index >= 15 is 0 Å². The SMILES string of the molecule is C[C](C)C1CCCC(O)C1. The van der Waals surface area contributed by atoms with Crippen molar-refractivity contribution in [3.8, 4) is 0 Å². The van der Waals surface area contributed by atoms with Gasteiger partial charge in [-0.25, -0.2) is 0 Å². The average Bonchev–Trinajstić information content (AvgIpc) is 1.88. The monoisotopic (exact) mass is 141 g/mol. The van der Waals surface area contributed by atoms with Gasteiger partial charge in [0.25, 0.3) is 0 Å². The van der Waals surface area contributed by atoms with E-state index in [0.717, 1.165) is 12.8 Å². The van der Waals surface area contributed by atoms with Crippen LogP contribution in [0.15, 0.2) is 0 Å². The lowest BCUT2D eigenvalue weighted by Crippen LogP contribution is -2.21. The fraction of sp³-hybridized carbons (Fsp3) is 0.889. The van der Waals surface area contributed by atoms with Crippen LogP contribution in [0.2, 0.25) is 0 Å². The van der Waals surface area contributed by atoms with Gasteiger partial charge in [0.05, 0.1) is 6.10 Å². The minimum absolute atomic E-state index is 0.0198. The molecule has 0 aliphatic heterocycles. The Hall–Kier alpha value is -0.0400. The molecule has 1 N–H and O–H groups in total. The first-order valence-corrected chi connectivity index (χ1v) is 4.18. The van der Waals surface area contributed by atoms with Crippen LogP contribution in [0.1, 0.15) is 39.5 Å². The number of hydrogen-bond donors (Lipinski definition) is 1. The van der Waals surface area contributed by atoms with E-state index in [1.165, 1.54) is 18.8 Å². The Bertz CT molecular complexity index is 98.9. The maximum atomic E-state index is 9.32. The van der Waals surface area contributed by atoms with Crippen molar-refractivity contribution in [1.29, 1.82) is 0 Å². The third-order valence-electron chi connectivity index (χ3n) is 2.46. The molecule has 1 aliphatic carbocycles. The van der Waals surface area contributed by atoms with Crippen LogP contribution in [0.3, 0.4) is 0 Å². The molecule has 1 radical (unpaired) electrons. The number of rotatable bonds is 1. The molecule has 1 nitrogen and oxygen atoms in total. The highest BCUT2D eigenvalue weighted by molar-refractivity contribution is 4.90. The summed E-state index contributed by atoms with van der Waals surface area (Å²) in [7, 11) is 0. The van der Waals surface area contributed by atoms with E-state index < -0.39 is 0 Å². The molecule has 0 aromatic heterocycles. The van der Waals surface area contributed by atoms with Crippen molar-refractivity contribution in [2.24, 2.45) is 5.92 Å². The van der Waals surface area contributed by atoms with E-state index in [-0.39, 0.29) is 6.10 Å². The molecule has 2 atom stereocenters. The van der Waals surface area contributed by atoms with E-state index in [2.05, 4.69) is 13.8 Å². The summed E-state index contributed by atoms with van der Waals surface area (Å²) < 4.78 is 0. The highest BCUT2D eigenvalue weighted by Gasteiger charge is 2.22. The van der Waals surface area contributed by atoms with E-state index in [9.17, 15) is 5.11 Å². The normalized spacial score (nSPS) is 34.8. The first-order chi connectivity index (χ1) is 4.70. The summed E-state index contributed by atoms with van der Waals surface area (Å²) in [5.41, 5.74) is 0. The Morgan fingerprint density at radius 3 is 2.40 bits per heavy atom. The van der Waals surface area contributed by atoms with Crippen LogP contribution in [0, 0.1) is 11.8 Å². The maximum absolute atomic E-state index is 9.32. The van der Waals surface area contributed by atoms with Crippen molar-refractivity contribution in [1.82, 2.24) is 0 Å². The van der Waals surface area contributed by atoms with Gasteiger partial charge in [-0.05, 0) is 31.1 Å². The van der Waals surface area contributed by atoms with E-state index in [4.69, 9.17) is 0 Å². The molecule has 1 heteroatoms. The van der Waals surface area contributed by atoms with E-state index in [1.807, 2.05) is 0 Å². The van der Waals surface area contributed by atoms with Gasteiger partial charge in [0.2, 0.25) is 0 Å². The topological polar surface area (TPSA) is 20.2 Å². The molecule has 1 rings (SSSR count). The van der Waals surface area contributed by atoms with Gasteiger partial charge in [-0.2, -0.15) is 0 Å². The van der Waals surface area contributed by atoms with E-state index in [1.54, 1.807) is 0 Å². The largest absolute Gasteiger partial charge is 0.393 e. The second-order valence-corrected chi connectivity index (χ2v) is 3.59. The third kappa shape index (κ3) is 1.98. The molecule has 1 fully saturated rings. The maximum Gasteiger partial charge on any atom is 0.0543 e. The molecule has 0 heterocycles. The van der Waals surface area contributed by atoms with Crippen molar-refractivity contribution >= 4 is 0 Å². The second kappa shape index (κ2) is 3.38. The van der Waals surface area contributed by atoms with Gasteiger partial charge in [0, 0.05) is 0 Å². The van der Waals surface area contributed by atoms with Crippen LogP contribution in [0.25, 0.3) is 0 Å². The Kier molecular flexibility index (Phi) is 2.72. The molecule has 0 amide bonds. The molecule has 0 aromatic rings. The van der Waals surface area contributed by atoms with Gasteiger partial charge in [-0.1, -0.05) is 20.3 Å². The number of aliphatic hydroxyl groups is 1. The van der Waals surface area contributed by atoms with Gasteiger partial charge in [-0.15, -0.1) is 0 Å². The number of aliphatic hydroxyl groups excluding tert-OH is 1. The Balaban J connectivity index is 2.32. The van der Waals surface area contributed by atoms with Crippen LogP contribution < -0.4 is 0 Å². The van der Waals surface area contributed by atoms with Crippen molar-refractivity contribution in [3.63, 3.8) is 0 Å². The predicted octanol–water partition coefficient (Wildman–Crippen LogP) is 2.15. The third-order valence-corrected chi connectivity index (χ3v) is 2.46. The van der Waals surface area contributed by atoms with Crippen LogP contribution in [-0.2, 0) is 0 Å². The quantitative estimate of drug-likeness (QED) is 0.593. The predicted molar refractivity (Wildman–Crippen MR) is 42.6 cm³/mol. The first kappa shape index (κ1) is 8.06. The molecule has 10 heavy (non-hydrogen) atoms.